The molecule has 90 valence electrons. The van der Waals surface area contributed by atoms with Crippen molar-refractivity contribution >= 4 is 21.7 Å². The number of pyridine rings is 1. The molecule has 0 aliphatic carbocycles. The van der Waals surface area contributed by atoms with Crippen LogP contribution in [0.15, 0.2) is 16.7 Å². The predicted octanol–water partition coefficient (Wildman–Crippen LogP) is 1.60. The highest BCUT2D eigenvalue weighted by Crippen LogP contribution is 2.24. The van der Waals surface area contributed by atoms with Crippen molar-refractivity contribution in [1.29, 1.82) is 0 Å². The van der Waals surface area contributed by atoms with Gasteiger partial charge in [-0.15, -0.1) is 0 Å². The predicted molar refractivity (Wildman–Crippen MR) is 67.8 cm³/mol. The van der Waals surface area contributed by atoms with Crippen molar-refractivity contribution in [3.8, 4) is 0 Å². The largest absolute Gasteiger partial charge is 0.395 e. The average molecular weight is 289 g/mol. The second-order valence-corrected chi connectivity index (χ2v) is 4.38. The van der Waals surface area contributed by atoms with E-state index in [2.05, 4.69) is 20.9 Å². The number of anilines is 1. The van der Waals surface area contributed by atoms with Crippen LogP contribution in [-0.2, 0) is 4.74 Å². The Labute approximate surface area is 104 Å². The van der Waals surface area contributed by atoms with Crippen LogP contribution in [0.25, 0.3) is 0 Å². The molecule has 0 unspecified atom stereocenters. The molecule has 1 heterocycles. The van der Waals surface area contributed by atoms with E-state index in [1.165, 1.54) is 0 Å². The van der Waals surface area contributed by atoms with Crippen LogP contribution >= 0.6 is 15.9 Å². The first-order valence-electron chi connectivity index (χ1n) is 5.16. The lowest BCUT2D eigenvalue weighted by atomic mass is 10.3. The van der Waals surface area contributed by atoms with Crippen molar-refractivity contribution in [3.63, 3.8) is 0 Å². The van der Waals surface area contributed by atoms with Crippen molar-refractivity contribution in [2.75, 3.05) is 38.3 Å². The number of methoxy groups -OCH3 is 1. The fraction of sp³-hybridized carbons (Fsp3) is 0.545. The van der Waals surface area contributed by atoms with Gasteiger partial charge in [0, 0.05) is 26.4 Å². The Balaban J connectivity index is 2.82. The van der Waals surface area contributed by atoms with Gasteiger partial charge in [-0.25, -0.2) is 4.98 Å². The third-order valence-corrected chi connectivity index (χ3v) is 2.78. The Morgan fingerprint density at radius 1 is 1.50 bits per heavy atom. The van der Waals surface area contributed by atoms with Crippen LogP contribution in [0.1, 0.15) is 5.56 Å². The maximum absolute atomic E-state index is 9.02. The number of aromatic nitrogens is 1. The number of aliphatic hydroxyl groups excluding tert-OH is 1. The van der Waals surface area contributed by atoms with Crippen molar-refractivity contribution in [3.05, 3.63) is 22.3 Å². The monoisotopic (exact) mass is 288 g/mol. The van der Waals surface area contributed by atoms with E-state index in [4.69, 9.17) is 9.84 Å². The van der Waals surface area contributed by atoms with Gasteiger partial charge in [0.25, 0.3) is 0 Å². The molecule has 0 bridgehead atoms. The molecule has 0 aliphatic rings. The topological polar surface area (TPSA) is 45.6 Å². The summed E-state index contributed by atoms with van der Waals surface area (Å²) in [5, 5.41) is 9.02. The van der Waals surface area contributed by atoms with E-state index >= 15 is 0 Å². The molecule has 0 saturated heterocycles. The molecule has 0 aromatic carbocycles. The van der Waals surface area contributed by atoms with Gasteiger partial charge in [-0.2, -0.15) is 0 Å². The van der Waals surface area contributed by atoms with Crippen LogP contribution in [-0.4, -0.2) is 43.5 Å². The van der Waals surface area contributed by atoms with Gasteiger partial charge in [-0.1, -0.05) is 0 Å². The van der Waals surface area contributed by atoms with Crippen LogP contribution in [0.5, 0.6) is 0 Å². The van der Waals surface area contributed by atoms with Gasteiger partial charge in [0.1, 0.15) is 5.82 Å². The molecular formula is C11H17BrN2O2. The summed E-state index contributed by atoms with van der Waals surface area (Å²) >= 11 is 3.48. The van der Waals surface area contributed by atoms with Crippen molar-refractivity contribution in [2.45, 2.75) is 6.92 Å². The molecule has 0 aliphatic heterocycles. The minimum atomic E-state index is 0.103. The Hall–Kier alpha value is -0.650. The quantitative estimate of drug-likeness (QED) is 0.864. The van der Waals surface area contributed by atoms with Crippen molar-refractivity contribution < 1.29 is 9.84 Å². The molecule has 0 atom stereocenters. The minimum absolute atomic E-state index is 0.103. The summed E-state index contributed by atoms with van der Waals surface area (Å²) in [5.41, 5.74) is 1.10. The molecule has 0 saturated carbocycles. The molecule has 0 radical (unpaired) electrons. The number of rotatable bonds is 6. The Kier molecular flexibility index (Phi) is 5.73. The number of nitrogens with zero attached hydrogens (tertiary/aromatic N) is 2. The highest BCUT2D eigenvalue weighted by atomic mass is 79.9. The van der Waals surface area contributed by atoms with E-state index in [1.54, 1.807) is 7.11 Å². The van der Waals surface area contributed by atoms with E-state index in [9.17, 15) is 0 Å². The van der Waals surface area contributed by atoms with E-state index in [-0.39, 0.29) is 6.61 Å². The van der Waals surface area contributed by atoms with E-state index in [0.717, 1.165) is 15.9 Å². The van der Waals surface area contributed by atoms with Gasteiger partial charge in [0.15, 0.2) is 0 Å². The van der Waals surface area contributed by atoms with Gasteiger partial charge in [0.2, 0.25) is 0 Å². The van der Waals surface area contributed by atoms with E-state index in [0.29, 0.717) is 19.7 Å². The zero-order valence-electron chi connectivity index (χ0n) is 9.61. The summed E-state index contributed by atoms with van der Waals surface area (Å²) < 4.78 is 5.98. The van der Waals surface area contributed by atoms with Gasteiger partial charge >= 0.3 is 0 Å². The number of hydrogen-bond donors (Lipinski definition) is 1. The third kappa shape index (κ3) is 3.73. The third-order valence-electron chi connectivity index (χ3n) is 2.19. The number of aryl methyl sites for hydroxylation is 1. The number of aliphatic hydroxyl groups is 1. The second-order valence-electron chi connectivity index (χ2n) is 3.52. The highest BCUT2D eigenvalue weighted by Gasteiger charge is 2.10. The lowest BCUT2D eigenvalue weighted by molar-refractivity contribution is 0.202. The molecular weight excluding hydrogens is 272 g/mol. The lowest BCUT2D eigenvalue weighted by Crippen LogP contribution is -2.31. The fourth-order valence-corrected chi connectivity index (χ4v) is 2.12. The first-order valence-corrected chi connectivity index (χ1v) is 5.95. The second kappa shape index (κ2) is 6.83. The Morgan fingerprint density at radius 3 is 2.81 bits per heavy atom. The molecule has 1 aromatic rings. The van der Waals surface area contributed by atoms with Gasteiger partial charge in [-0.05, 0) is 34.5 Å². The van der Waals surface area contributed by atoms with Crippen LogP contribution in [0.2, 0.25) is 0 Å². The van der Waals surface area contributed by atoms with E-state index < -0.39 is 0 Å². The highest BCUT2D eigenvalue weighted by molar-refractivity contribution is 9.10. The first-order chi connectivity index (χ1) is 7.69. The molecule has 16 heavy (non-hydrogen) atoms. The summed E-state index contributed by atoms with van der Waals surface area (Å²) in [5.74, 6) is 0.844. The van der Waals surface area contributed by atoms with Crippen molar-refractivity contribution in [2.24, 2.45) is 0 Å². The number of halogens is 1. The fourth-order valence-electron chi connectivity index (χ4n) is 1.40. The molecule has 5 heteroatoms. The van der Waals surface area contributed by atoms with Gasteiger partial charge < -0.3 is 14.7 Å². The zero-order valence-corrected chi connectivity index (χ0v) is 11.2. The molecule has 1 aromatic heterocycles. The Morgan fingerprint density at radius 2 is 2.25 bits per heavy atom. The van der Waals surface area contributed by atoms with Crippen LogP contribution in [0.3, 0.4) is 0 Å². The summed E-state index contributed by atoms with van der Waals surface area (Å²) in [4.78, 5) is 6.36. The number of ether oxygens (including phenoxy) is 1. The zero-order chi connectivity index (χ0) is 12.0. The molecule has 4 nitrogen and oxygen atoms in total. The number of hydrogen-bond acceptors (Lipinski definition) is 4. The van der Waals surface area contributed by atoms with Crippen molar-refractivity contribution in [1.82, 2.24) is 4.98 Å². The summed E-state index contributed by atoms with van der Waals surface area (Å²) in [6.45, 7) is 3.98. The molecule has 0 amide bonds. The average Bonchev–Trinajstić information content (AvgIpc) is 2.25. The normalized spacial score (nSPS) is 10.5. The maximum Gasteiger partial charge on any atom is 0.143 e. The smallest absolute Gasteiger partial charge is 0.143 e. The SMILES string of the molecule is COCCN(CCO)c1ncc(C)cc1Br. The van der Waals surface area contributed by atoms with Crippen LogP contribution in [0.4, 0.5) is 5.82 Å². The van der Waals surface area contributed by atoms with Gasteiger partial charge in [-0.3, -0.25) is 0 Å². The van der Waals surface area contributed by atoms with Crippen LogP contribution < -0.4 is 4.90 Å². The van der Waals surface area contributed by atoms with E-state index in [1.807, 2.05) is 24.1 Å². The summed E-state index contributed by atoms with van der Waals surface area (Å²) in [6.07, 6.45) is 1.82. The lowest BCUT2D eigenvalue weighted by Gasteiger charge is -2.23. The maximum atomic E-state index is 9.02. The molecule has 1 rings (SSSR count). The summed E-state index contributed by atoms with van der Waals surface area (Å²) in [6, 6.07) is 2.01. The first kappa shape index (κ1) is 13.4. The Bertz CT molecular complexity index is 334. The van der Waals surface area contributed by atoms with Crippen LogP contribution in [0, 0.1) is 6.92 Å². The standard InChI is InChI=1S/C11H17BrN2O2/c1-9-7-10(12)11(13-8-9)14(3-5-15)4-6-16-2/h7-8,15H,3-6H2,1-2H3. The molecule has 0 fully saturated rings. The summed E-state index contributed by atoms with van der Waals surface area (Å²) in [7, 11) is 1.66. The molecule has 0 spiro atoms. The van der Waals surface area contributed by atoms with Gasteiger partial charge in [0.05, 0.1) is 17.7 Å². The molecule has 1 N–H and O–H groups in total. The minimum Gasteiger partial charge on any atom is -0.395 e.